The van der Waals surface area contributed by atoms with Crippen molar-refractivity contribution in [1.29, 1.82) is 0 Å². The SMILES string of the molecule is CN(CC(F)F)S(=O)(=O)c1ccc(N)c2cccnc12. The minimum absolute atomic E-state index is 0.134. The third kappa shape index (κ3) is 2.56. The molecule has 0 bridgehead atoms. The number of pyridine rings is 1. The predicted octanol–water partition coefficient (Wildman–Crippen LogP) is 1.70. The molecule has 1 aromatic carbocycles. The lowest BCUT2D eigenvalue weighted by Gasteiger charge is -2.17. The van der Waals surface area contributed by atoms with Gasteiger partial charge in [-0.25, -0.2) is 17.2 Å². The Hall–Kier alpha value is -1.80. The van der Waals surface area contributed by atoms with E-state index in [1.54, 1.807) is 12.1 Å². The molecule has 0 aliphatic rings. The second-order valence-corrected chi connectivity index (χ2v) is 6.24. The molecule has 0 spiro atoms. The number of nitrogens with zero attached hydrogens (tertiary/aromatic N) is 2. The highest BCUT2D eigenvalue weighted by Gasteiger charge is 2.26. The van der Waals surface area contributed by atoms with Crippen molar-refractivity contribution >= 4 is 26.6 Å². The smallest absolute Gasteiger partial charge is 0.252 e. The maximum absolute atomic E-state index is 12.4. The Kier molecular flexibility index (Phi) is 3.87. The zero-order valence-electron chi connectivity index (χ0n) is 10.6. The lowest BCUT2D eigenvalue weighted by Crippen LogP contribution is -2.31. The van der Waals surface area contributed by atoms with Crippen LogP contribution in [0.4, 0.5) is 14.5 Å². The molecule has 0 saturated carbocycles. The summed E-state index contributed by atoms with van der Waals surface area (Å²) in [5.74, 6) is 0. The van der Waals surface area contributed by atoms with Crippen LogP contribution in [0.15, 0.2) is 35.4 Å². The molecule has 1 heterocycles. The molecule has 20 heavy (non-hydrogen) atoms. The Morgan fingerprint density at radius 3 is 2.70 bits per heavy atom. The molecule has 0 aliphatic carbocycles. The highest BCUT2D eigenvalue weighted by molar-refractivity contribution is 7.89. The summed E-state index contributed by atoms with van der Waals surface area (Å²) in [6, 6.07) is 5.96. The molecule has 2 N–H and O–H groups in total. The fourth-order valence-electron chi connectivity index (χ4n) is 1.84. The number of aromatic nitrogens is 1. The molecule has 0 saturated heterocycles. The van der Waals surface area contributed by atoms with Crippen LogP contribution in [0.2, 0.25) is 0 Å². The van der Waals surface area contributed by atoms with Crippen LogP contribution in [0.3, 0.4) is 0 Å². The number of hydrogen-bond acceptors (Lipinski definition) is 4. The number of alkyl halides is 2. The van der Waals surface area contributed by atoms with Crippen LogP contribution in [0.1, 0.15) is 0 Å². The normalized spacial score (nSPS) is 12.4. The minimum atomic E-state index is -4.04. The van der Waals surface area contributed by atoms with E-state index < -0.39 is 23.0 Å². The summed E-state index contributed by atoms with van der Waals surface area (Å²) in [5.41, 5.74) is 6.31. The van der Waals surface area contributed by atoms with Gasteiger partial charge in [-0.15, -0.1) is 0 Å². The zero-order valence-corrected chi connectivity index (χ0v) is 11.4. The third-order valence-corrected chi connectivity index (χ3v) is 4.70. The number of halogens is 2. The molecule has 0 radical (unpaired) electrons. The van der Waals surface area contributed by atoms with Crippen molar-refractivity contribution in [2.45, 2.75) is 11.3 Å². The first-order valence-electron chi connectivity index (χ1n) is 5.71. The van der Waals surface area contributed by atoms with Crippen molar-refractivity contribution < 1.29 is 17.2 Å². The van der Waals surface area contributed by atoms with E-state index in [4.69, 9.17) is 5.73 Å². The number of anilines is 1. The first-order valence-corrected chi connectivity index (χ1v) is 7.15. The van der Waals surface area contributed by atoms with E-state index in [0.717, 1.165) is 7.05 Å². The van der Waals surface area contributed by atoms with Crippen molar-refractivity contribution in [3.63, 3.8) is 0 Å². The lowest BCUT2D eigenvalue weighted by molar-refractivity contribution is 0.126. The average Bonchev–Trinajstić information content (AvgIpc) is 2.38. The second kappa shape index (κ2) is 5.29. The molecule has 8 heteroatoms. The summed E-state index contributed by atoms with van der Waals surface area (Å²) >= 11 is 0. The van der Waals surface area contributed by atoms with Gasteiger partial charge in [0.1, 0.15) is 4.90 Å². The third-order valence-electron chi connectivity index (χ3n) is 2.85. The van der Waals surface area contributed by atoms with Crippen LogP contribution in [0.25, 0.3) is 10.9 Å². The number of fused-ring (bicyclic) bond motifs is 1. The predicted molar refractivity (Wildman–Crippen MR) is 72.0 cm³/mol. The Morgan fingerprint density at radius 1 is 1.35 bits per heavy atom. The Bertz CT molecular complexity index is 735. The van der Waals surface area contributed by atoms with Gasteiger partial charge in [-0.1, -0.05) is 0 Å². The van der Waals surface area contributed by atoms with Crippen LogP contribution < -0.4 is 5.73 Å². The van der Waals surface area contributed by atoms with Crippen molar-refractivity contribution in [3.8, 4) is 0 Å². The summed E-state index contributed by atoms with van der Waals surface area (Å²) in [5, 5.41) is 0.471. The van der Waals surface area contributed by atoms with Crippen LogP contribution in [0.5, 0.6) is 0 Å². The van der Waals surface area contributed by atoms with Crippen LogP contribution >= 0.6 is 0 Å². The molecule has 0 aliphatic heterocycles. The monoisotopic (exact) mass is 301 g/mol. The number of rotatable bonds is 4. The topological polar surface area (TPSA) is 76.3 Å². The number of nitrogen functional groups attached to an aromatic ring is 1. The second-order valence-electron chi connectivity index (χ2n) is 4.23. The average molecular weight is 301 g/mol. The van der Waals surface area contributed by atoms with E-state index in [1.807, 2.05) is 0 Å². The van der Waals surface area contributed by atoms with Gasteiger partial charge in [0.2, 0.25) is 10.0 Å². The maximum atomic E-state index is 12.4. The molecule has 108 valence electrons. The van der Waals surface area contributed by atoms with E-state index >= 15 is 0 Å². The van der Waals surface area contributed by atoms with Crippen LogP contribution in [0, 0.1) is 0 Å². The van der Waals surface area contributed by atoms with Gasteiger partial charge in [0.25, 0.3) is 6.43 Å². The van der Waals surface area contributed by atoms with Gasteiger partial charge >= 0.3 is 0 Å². The number of sulfonamides is 1. The molecule has 2 aromatic rings. The quantitative estimate of drug-likeness (QED) is 0.872. The van der Waals surface area contributed by atoms with E-state index in [-0.39, 0.29) is 10.4 Å². The minimum Gasteiger partial charge on any atom is -0.398 e. The van der Waals surface area contributed by atoms with Gasteiger partial charge in [0, 0.05) is 24.3 Å². The van der Waals surface area contributed by atoms with Gasteiger partial charge in [-0.2, -0.15) is 4.31 Å². The van der Waals surface area contributed by atoms with Crippen molar-refractivity contribution in [1.82, 2.24) is 9.29 Å². The fourth-order valence-corrected chi connectivity index (χ4v) is 3.13. The largest absolute Gasteiger partial charge is 0.398 e. The fraction of sp³-hybridized carbons (Fsp3) is 0.250. The van der Waals surface area contributed by atoms with Crippen LogP contribution in [-0.4, -0.2) is 37.7 Å². The summed E-state index contributed by atoms with van der Waals surface area (Å²) in [7, 11) is -2.94. The van der Waals surface area contributed by atoms with Crippen LogP contribution in [-0.2, 0) is 10.0 Å². The molecular formula is C12H13F2N3O2S. The maximum Gasteiger partial charge on any atom is 0.252 e. The van der Waals surface area contributed by atoms with E-state index in [9.17, 15) is 17.2 Å². The van der Waals surface area contributed by atoms with E-state index in [0.29, 0.717) is 15.4 Å². The Labute approximate surface area is 115 Å². The number of nitrogens with two attached hydrogens (primary N) is 1. The van der Waals surface area contributed by atoms with Crippen molar-refractivity contribution in [3.05, 3.63) is 30.5 Å². The van der Waals surface area contributed by atoms with Gasteiger partial charge in [0.05, 0.1) is 12.1 Å². The molecule has 2 rings (SSSR count). The molecular weight excluding hydrogens is 288 g/mol. The van der Waals surface area contributed by atoms with Crippen molar-refractivity contribution in [2.75, 3.05) is 19.3 Å². The summed E-state index contributed by atoms with van der Waals surface area (Å²) in [6.07, 6.45) is -1.32. The number of benzene rings is 1. The Balaban J connectivity index is 2.61. The van der Waals surface area contributed by atoms with Gasteiger partial charge in [-0.3, -0.25) is 4.98 Å². The van der Waals surface area contributed by atoms with Gasteiger partial charge < -0.3 is 5.73 Å². The highest BCUT2D eigenvalue weighted by atomic mass is 32.2. The first-order chi connectivity index (χ1) is 9.34. The molecule has 0 unspecified atom stereocenters. The first kappa shape index (κ1) is 14.6. The molecule has 1 aromatic heterocycles. The molecule has 0 atom stereocenters. The standard InChI is InChI=1S/C12H13F2N3O2S/c1-17(7-11(13)14)20(18,19)10-5-4-9(15)8-3-2-6-16-12(8)10/h2-6,11H,7,15H2,1H3. The van der Waals surface area contributed by atoms with E-state index in [1.165, 1.54) is 18.3 Å². The Morgan fingerprint density at radius 2 is 2.05 bits per heavy atom. The summed E-state index contributed by atoms with van der Waals surface area (Å²) < 4.78 is 50.0. The summed E-state index contributed by atoms with van der Waals surface area (Å²) in [4.78, 5) is 3.86. The van der Waals surface area contributed by atoms with E-state index in [2.05, 4.69) is 4.98 Å². The van der Waals surface area contributed by atoms with Crippen molar-refractivity contribution in [2.24, 2.45) is 0 Å². The number of hydrogen-bond donors (Lipinski definition) is 1. The zero-order chi connectivity index (χ0) is 14.9. The molecule has 0 amide bonds. The van der Waals surface area contributed by atoms with Gasteiger partial charge in [-0.05, 0) is 24.3 Å². The molecule has 5 nitrogen and oxygen atoms in total. The lowest BCUT2D eigenvalue weighted by atomic mass is 10.2. The summed E-state index contributed by atoms with van der Waals surface area (Å²) in [6.45, 7) is -0.874. The van der Waals surface area contributed by atoms with Gasteiger partial charge in [0.15, 0.2) is 0 Å². The molecule has 0 fully saturated rings. The highest BCUT2D eigenvalue weighted by Crippen LogP contribution is 2.27.